The van der Waals surface area contributed by atoms with Gasteiger partial charge in [-0.1, -0.05) is 6.92 Å². The minimum atomic E-state index is 0.0601. The van der Waals surface area contributed by atoms with Gasteiger partial charge in [0.15, 0.2) is 0 Å². The monoisotopic (exact) mass is 248 g/mol. The SMILES string of the molecule is CCN(CC)/C(C#N)=C/CC1(C)CCCC(=O)C1. The molecule has 18 heavy (non-hydrogen) atoms. The lowest BCUT2D eigenvalue weighted by molar-refractivity contribution is -0.123. The van der Waals surface area contributed by atoms with E-state index in [0.29, 0.717) is 12.2 Å². The zero-order chi connectivity index (χ0) is 13.6. The molecule has 1 aliphatic rings. The van der Waals surface area contributed by atoms with Crippen LogP contribution in [0.3, 0.4) is 0 Å². The third-order valence-corrected chi connectivity index (χ3v) is 3.87. The van der Waals surface area contributed by atoms with E-state index in [-0.39, 0.29) is 5.41 Å². The maximum absolute atomic E-state index is 11.5. The Hall–Kier alpha value is -1.30. The summed E-state index contributed by atoms with van der Waals surface area (Å²) in [5.74, 6) is 0.374. The third-order valence-electron chi connectivity index (χ3n) is 3.87. The summed E-state index contributed by atoms with van der Waals surface area (Å²) in [4.78, 5) is 13.6. The summed E-state index contributed by atoms with van der Waals surface area (Å²) in [6.45, 7) is 7.98. The van der Waals surface area contributed by atoms with Crippen molar-refractivity contribution >= 4 is 5.78 Å². The van der Waals surface area contributed by atoms with Gasteiger partial charge in [-0.3, -0.25) is 4.79 Å². The smallest absolute Gasteiger partial charge is 0.133 e. The van der Waals surface area contributed by atoms with Crippen molar-refractivity contribution in [3.8, 4) is 6.07 Å². The predicted octanol–water partition coefficient (Wildman–Crippen LogP) is 3.28. The summed E-state index contributed by atoms with van der Waals surface area (Å²) in [5, 5.41) is 9.20. The number of nitrogens with zero attached hydrogens (tertiary/aromatic N) is 2. The molecule has 0 N–H and O–H groups in total. The van der Waals surface area contributed by atoms with Crippen LogP contribution in [0.1, 0.15) is 52.9 Å². The Bertz CT molecular complexity index is 363. The van der Waals surface area contributed by atoms with E-state index >= 15 is 0 Å². The molecule has 1 aliphatic carbocycles. The normalized spacial score (nSPS) is 24.8. The fraction of sp³-hybridized carbons (Fsp3) is 0.733. The minimum Gasteiger partial charge on any atom is -0.364 e. The number of nitriles is 1. The van der Waals surface area contributed by atoms with Gasteiger partial charge in [0.05, 0.1) is 0 Å². The van der Waals surface area contributed by atoms with Crippen LogP contribution in [0.25, 0.3) is 0 Å². The van der Waals surface area contributed by atoms with Crippen LogP contribution in [0.2, 0.25) is 0 Å². The van der Waals surface area contributed by atoms with Crippen LogP contribution in [0.15, 0.2) is 11.8 Å². The molecule has 0 aromatic carbocycles. The Kier molecular flexibility index (Phi) is 5.40. The fourth-order valence-electron chi connectivity index (χ4n) is 2.69. The van der Waals surface area contributed by atoms with E-state index in [9.17, 15) is 10.1 Å². The maximum Gasteiger partial charge on any atom is 0.133 e. The molecule has 1 saturated carbocycles. The first-order valence-corrected chi connectivity index (χ1v) is 6.91. The molecule has 100 valence electrons. The number of hydrogen-bond acceptors (Lipinski definition) is 3. The molecular formula is C15H24N2O. The molecule has 1 fully saturated rings. The summed E-state index contributed by atoms with van der Waals surface area (Å²) in [6, 6.07) is 2.27. The summed E-state index contributed by atoms with van der Waals surface area (Å²) in [5.41, 5.74) is 0.809. The van der Waals surface area contributed by atoms with Crippen molar-refractivity contribution < 1.29 is 4.79 Å². The average Bonchev–Trinajstić information content (AvgIpc) is 2.34. The molecule has 3 heteroatoms. The number of Topliss-reactive ketones (excluding diaryl/α,β-unsaturated/α-hetero) is 1. The Morgan fingerprint density at radius 3 is 2.67 bits per heavy atom. The molecule has 0 bridgehead atoms. The Morgan fingerprint density at radius 1 is 1.50 bits per heavy atom. The highest BCUT2D eigenvalue weighted by Crippen LogP contribution is 2.37. The van der Waals surface area contributed by atoms with Crippen molar-refractivity contribution in [3.05, 3.63) is 11.8 Å². The van der Waals surface area contributed by atoms with Crippen LogP contribution in [-0.2, 0) is 4.79 Å². The van der Waals surface area contributed by atoms with Gasteiger partial charge >= 0.3 is 0 Å². The number of ketones is 1. The van der Waals surface area contributed by atoms with Crippen molar-refractivity contribution in [2.75, 3.05) is 13.1 Å². The first kappa shape index (κ1) is 14.8. The van der Waals surface area contributed by atoms with Gasteiger partial charge in [-0.05, 0) is 44.6 Å². The average molecular weight is 248 g/mol. The molecular weight excluding hydrogens is 224 g/mol. The Balaban J connectivity index is 2.71. The Morgan fingerprint density at radius 2 is 2.17 bits per heavy atom. The lowest BCUT2D eigenvalue weighted by Gasteiger charge is -2.32. The second-order valence-electron chi connectivity index (χ2n) is 5.46. The second-order valence-corrected chi connectivity index (χ2v) is 5.46. The lowest BCUT2D eigenvalue weighted by atomic mass is 9.73. The van der Waals surface area contributed by atoms with Crippen molar-refractivity contribution in [3.63, 3.8) is 0 Å². The highest BCUT2D eigenvalue weighted by atomic mass is 16.1. The fourth-order valence-corrected chi connectivity index (χ4v) is 2.69. The highest BCUT2D eigenvalue weighted by Gasteiger charge is 2.30. The third kappa shape index (κ3) is 3.87. The van der Waals surface area contributed by atoms with E-state index in [1.165, 1.54) is 0 Å². The van der Waals surface area contributed by atoms with E-state index in [0.717, 1.165) is 44.5 Å². The molecule has 1 atom stereocenters. The molecule has 0 aliphatic heterocycles. The van der Waals surface area contributed by atoms with Crippen LogP contribution in [0, 0.1) is 16.7 Å². The molecule has 0 aromatic rings. The summed E-state index contributed by atoms with van der Waals surface area (Å²) >= 11 is 0. The van der Waals surface area contributed by atoms with E-state index in [1.54, 1.807) is 0 Å². The molecule has 0 aromatic heterocycles. The molecule has 0 amide bonds. The van der Waals surface area contributed by atoms with Crippen molar-refractivity contribution in [2.45, 2.75) is 52.9 Å². The van der Waals surface area contributed by atoms with Gasteiger partial charge in [0, 0.05) is 25.9 Å². The molecule has 1 unspecified atom stereocenters. The second kappa shape index (κ2) is 6.58. The maximum atomic E-state index is 11.5. The largest absolute Gasteiger partial charge is 0.364 e. The van der Waals surface area contributed by atoms with E-state index in [1.807, 2.05) is 6.08 Å². The molecule has 0 saturated heterocycles. The zero-order valence-electron chi connectivity index (χ0n) is 11.8. The van der Waals surface area contributed by atoms with Gasteiger partial charge < -0.3 is 4.90 Å². The van der Waals surface area contributed by atoms with E-state index in [4.69, 9.17) is 0 Å². The quantitative estimate of drug-likeness (QED) is 0.701. The lowest BCUT2D eigenvalue weighted by Crippen LogP contribution is -2.26. The van der Waals surface area contributed by atoms with Gasteiger partial charge in [0.25, 0.3) is 0 Å². The van der Waals surface area contributed by atoms with Crippen LogP contribution in [0.4, 0.5) is 0 Å². The number of hydrogen-bond donors (Lipinski definition) is 0. The molecule has 0 heterocycles. The molecule has 3 nitrogen and oxygen atoms in total. The van der Waals surface area contributed by atoms with Gasteiger partial charge in [0.1, 0.15) is 17.5 Å². The highest BCUT2D eigenvalue weighted by molar-refractivity contribution is 5.79. The van der Waals surface area contributed by atoms with Crippen LogP contribution >= 0.6 is 0 Å². The number of carbonyl (C=O) groups excluding carboxylic acids is 1. The van der Waals surface area contributed by atoms with Gasteiger partial charge in [-0.25, -0.2) is 0 Å². The summed E-state index contributed by atoms with van der Waals surface area (Å²) in [7, 11) is 0. The van der Waals surface area contributed by atoms with E-state index < -0.39 is 0 Å². The number of carbonyl (C=O) groups is 1. The minimum absolute atomic E-state index is 0.0601. The van der Waals surface area contributed by atoms with E-state index in [2.05, 4.69) is 31.7 Å². The molecule has 0 radical (unpaired) electrons. The van der Waals surface area contributed by atoms with Crippen molar-refractivity contribution in [1.29, 1.82) is 5.26 Å². The van der Waals surface area contributed by atoms with Crippen LogP contribution in [0.5, 0.6) is 0 Å². The van der Waals surface area contributed by atoms with Crippen LogP contribution < -0.4 is 0 Å². The zero-order valence-corrected chi connectivity index (χ0v) is 11.8. The predicted molar refractivity (Wildman–Crippen MR) is 72.8 cm³/mol. The summed E-state index contributed by atoms with van der Waals surface area (Å²) in [6.07, 6.45) is 6.34. The molecule has 1 rings (SSSR count). The number of allylic oxidation sites excluding steroid dienone is 2. The topological polar surface area (TPSA) is 44.1 Å². The number of rotatable bonds is 5. The first-order valence-electron chi connectivity index (χ1n) is 6.91. The Labute approximate surface area is 110 Å². The van der Waals surface area contributed by atoms with Gasteiger partial charge in [0.2, 0.25) is 0 Å². The van der Waals surface area contributed by atoms with Crippen LogP contribution in [-0.4, -0.2) is 23.8 Å². The summed E-state index contributed by atoms with van der Waals surface area (Å²) < 4.78 is 0. The van der Waals surface area contributed by atoms with Gasteiger partial charge in [-0.15, -0.1) is 0 Å². The molecule has 0 spiro atoms. The first-order chi connectivity index (χ1) is 8.54. The van der Waals surface area contributed by atoms with Gasteiger partial charge in [-0.2, -0.15) is 5.26 Å². The standard InChI is InChI=1S/C15H24N2O/c1-4-17(5-2)13(12-16)8-10-15(3)9-6-7-14(18)11-15/h8H,4-7,9-11H2,1-3H3/b13-8+. The van der Waals surface area contributed by atoms with Crippen molar-refractivity contribution in [1.82, 2.24) is 4.90 Å². The van der Waals surface area contributed by atoms with Crippen molar-refractivity contribution in [2.24, 2.45) is 5.41 Å².